The second-order valence-corrected chi connectivity index (χ2v) is 6.22. The van der Waals surface area contributed by atoms with Crippen molar-refractivity contribution in [1.82, 2.24) is 4.90 Å². The minimum Gasteiger partial charge on any atom is -0.484 e. The van der Waals surface area contributed by atoms with Crippen molar-refractivity contribution < 1.29 is 14.3 Å². The highest BCUT2D eigenvalue weighted by Crippen LogP contribution is 2.26. The Hall–Kier alpha value is -2.04. The smallest absolute Gasteiger partial charge is 0.260 e. The maximum atomic E-state index is 12.2. The van der Waals surface area contributed by atoms with Crippen molar-refractivity contribution >= 4 is 17.5 Å². The minimum absolute atomic E-state index is 0.0515. The lowest BCUT2D eigenvalue weighted by atomic mass is 9.99. The minimum atomic E-state index is 0.0515. The zero-order valence-electron chi connectivity index (χ0n) is 12.9. The van der Waals surface area contributed by atoms with Crippen LogP contribution in [0.2, 0.25) is 0 Å². The highest BCUT2D eigenvalue weighted by molar-refractivity contribution is 5.94. The molecule has 2 heterocycles. The van der Waals surface area contributed by atoms with E-state index in [1.165, 1.54) is 0 Å². The van der Waals surface area contributed by atoms with Crippen LogP contribution in [0.4, 0.5) is 5.69 Å². The number of likely N-dealkylation sites (tertiary alicyclic amines) is 1. The number of carbonyl (C=O) groups is 2. The second kappa shape index (κ2) is 6.38. The molecule has 2 amide bonds. The highest BCUT2D eigenvalue weighted by Gasteiger charge is 2.21. The lowest BCUT2D eigenvalue weighted by molar-refractivity contribution is -0.134. The molecule has 3 rings (SSSR count). The molecule has 2 aliphatic heterocycles. The first kappa shape index (κ1) is 14.9. The topological polar surface area (TPSA) is 58.6 Å². The Bertz CT molecular complexity index is 577. The number of aryl methyl sites for hydroxylation is 1. The van der Waals surface area contributed by atoms with Crippen molar-refractivity contribution in [1.29, 1.82) is 0 Å². The van der Waals surface area contributed by atoms with E-state index in [2.05, 4.69) is 12.2 Å². The van der Waals surface area contributed by atoms with Gasteiger partial charge in [0.25, 0.3) is 5.91 Å². The van der Waals surface area contributed by atoms with E-state index in [1.54, 1.807) is 6.07 Å². The molecule has 0 aromatic heterocycles. The van der Waals surface area contributed by atoms with Gasteiger partial charge in [-0.15, -0.1) is 0 Å². The summed E-state index contributed by atoms with van der Waals surface area (Å²) in [4.78, 5) is 25.4. The van der Waals surface area contributed by atoms with Gasteiger partial charge in [0.2, 0.25) is 5.91 Å². The summed E-state index contributed by atoms with van der Waals surface area (Å²) in [5.74, 6) is 1.50. The van der Waals surface area contributed by atoms with Gasteiger partial charge >= 0.3 is 0 Å². The molecule has 118 valence electrons. The van der Waals surface area contributed by atoms with E-state index in [-0.39, 0.29) is 18.4 Å². The number of hydrogen-bond acceptors (Lipinski definition) is 3. The van der Waals surface area contributed by atoms with Gasteiger partial charge in [-0.05, 0) is 48.9 Å². The number of nitrogens with one attached hydrogen (secondary N) is 1. The Morgan fingerprint density at radius 2 is 2.09 bits per heavy atom. The zero-order chi connectivity index (χ0) is 15.5. The number of ether oxygens (including phenoxy) is 1. The molecule has 0 bridgehead atoms. The van der Waals surface area contributed by atoms with Gasteiger partial charge in [-0.1, -0.05) is 6.92 Å². The SMILES string of the molecule is CC1CCN(C(=O)COc2ccc3c(c2)CCC(=O)N3)CC1. The normalized spacial score (nSPS) is 18.6. The standard InChI is InChI=1S/C17H22N2O3/c1-12-6-8-19(9-7-12)17(21)11-22-14-3-4-15-13(10-14)2-5-16(20)18-15/h3-4,10,12H,2,5-9,11H2,1H3,(H,18,20). The Kier molecular flexibility index (Phi) is 4.32. The van der Waals surface area contributed by atoms with Crippen LogP contribution in [0.1, 0.15) is 31.7 Å². The zero-order valence-corrected chi connectivity index (χ0v) is 12.9. The van der Waals surface area contributed by atoms with Gasteiger partial charge in [0.15, 0.2) is 6.61 Å². The maximum absolute atomic E-state index is 12.2. The van der Waals surface area contributed by atoms with Crippen LogP contribution in [0, 0.1) is 5.92 Å². The first-order chi connectivity index (χ1) is 10.6. The van der Waals surface area contributed by atoms with Crippen LogP contribution >= 0.6 is 0 Å². The van der Waals surface area contributed by atoms with Crippen molar-refractivity contribution in [2.24, 2.45) is 5.92 Å². The van der Waals surface area contributed by atoms with Gasteiger partial charge in [0.05, 0.1) is 0 Å². The first-order valence-electron chi connectivity index (χ1n) is 7.95. The number of fused-ring (bicyclic) bond motifs is 1. The number of piperidine rings is 1. The molecule has 0 radical (unpaired) electrons. The Morgan fingerprint density at radius 3 is 2.86 bits per heavy atom. The largest absolute Gasteiger partial charge is 0.484 e. The van der Waals surface area contributed by atoms with Crippen LogP contribution in [-0.2, 0) is 16.0 Å². The molecule has 1 N–H and O–H groups in total. The van der Waals surface area contributed by atoms with Crippen molar-refractivity contribution in [3.05, 3.63) is 23.8 Å². The van der Waals surface area contributed by atoms with Gasteiger partial charge in [-0.25, -0.2) is 0 Å². The predicted molar refractivity (Wildman–Crippen MR) is 83.9 cm³/mol. The van der Waals surface area contributed by atoms with E-state index in [4.69, 9.17) is 4.74 Å². The van der Waals surface area contributed by atoms with Crippen molar-refractivity contribution in [2.75, 3.05) is 25.0 Å². The first-order valence-corrected chi connectivity index (χ1v) is 7.95. The molecule has 0 atom stereocenters. The van der Waals surface area contributed by atoms with E-state index >= 15 is 0 Å². The third kappa shape index (κ3) is 3.40. The maximum Gasteiger partial charge on any atom is 0.260 e. The van der Waals surface area contributed by atoms with E-state index < -0.39 is 0 Å². The van der Waals surface area contributed by atoms with Gasteiger partial charge in [-0.3, -0.25) is 9.59 Å². The lowest BCUT2D eigenvalue weighted by Gasteiger charge is -2.30. The number of rotatable bonds is 3. The molecule has 22 heavy (non-hydrogen) atoms. The van der Waals surface area contributed by atoms with E-state index in [0.29, 0.717) is 18.1 Å². The van der Waals surface area contributed by atoms with E-state index in [9.17, 15) is 9.59 Å². The predicted octanol–water partition coefficient (Wildman–Crippen LogP) is 2.21. The molecule has 5 nitrogen and oxygen atoms in total. The van der Waals surface area contributed by atoms with Gasteiger partial charge < -0.3 is 15.0 Å². The number of carbonyl (C=O) groups excluding carboxylic acids is 2. The molecule has 0 saturated carbocycles. The Labute approximate surface area is 130 Å². The fourth-order valence-electron chi connectivity index (χ4n) is 2.94. The molecule has 0 spiro atoms. The quantitative estimate of drug-likeness (QED) is 0.931. The van der Waals surface area contributed by atoms with Gasteiger partial charge in [-0.2, -0.15) is 0 Å². The molecule has 1 aromatic rings. The summed E-state index contributed by atoms with van der Waals surface area (Å²) in [5, 5.41) is 2.84. The summed E-state index contributed by atoms with van der Waals surface area (Å²) in [6.45, 7) is 3.98. The van der Waals surface area contributed by atoms with Crippen LogP contribution in [0.5, 0.6) is 5.75 Å². The monoisotopic (exact) mass is 302 g/mol. The van der Waals surface area contributed by atoms with Crippen LogP contribution < -0.4 is 10.1 Å². The Morgan fingerprint density at radius 1 is 1.32 bits per heavy atom. The van der Waals surface area contributed by atoms with Crippen LogP contribution in [0.15, 0.2) is 18.2 Å². The number of hydrogen-bond donors (Lipinski definition) is 1. The Balaban J connectivity index is 1.55. The molecule has 0 unspecified atom stereocenters. The summed E-state index contributed by atoms with van der Waals surface area (Å²) in [6.07, 6.45) is 3.37. The fourth-order valence-corrected chi connectivity index (χ4v) is 2.94. The summed E-state index contributed by atoms with van der Waals surface area (Å²) >= 11 is 0. The van der Waals surface area contributed by atoms with Crippen molar-refractivity contribution in [3.8, 4) is 5.75 Å². The van der Waals surface area contributed by atoms with Crippen LogP contribution in [0.3, 0.4) is 0 Å². The highest BCUT2D eigenvalue weighted by atomic mass is 16.5. The molecule has 1 saturated heterocycles. The number of nitrogens with zero attached hydrogens (tertiary/aromatic N) is 1. The third-order valence-electron chi connectivity index (χ3n) is 4.47. The number of anilines is 1. The molecule has 1 aromatic carbocycles. The summed E-state index contributed by atoms with van der Waals surface area (Å²) in [5.41, 5.74) is 1.91. The van der Waals surface area contributed by atoms with Crippen LogP contribution in [-0.4, -0.2) is 36.4 Å². The third-order valence-corrected chi connectivity index (χ3v) is 4.47. The van der Waals surface area contributed by atoms with Gasteiger partial charge in [0.1, 0.15) is 5.75 Å². The van der Waals surface area contributed by atoms with Gasteiger partial charge in [0, 0.05) is 25.2 Å². The van der Waals surface area contributed by atoms with E-state index in [0.717, 1.165) is 43.6 Å². The average Bonchev–Trinajstić information content (AvgIpc) is 2.53. The van der Waals surface area contributed by atoms with Crippen molar-refractivity contribution in [2.45, 2.75) is 32.6 Å². The number of benzene rings is 1. The van der Waals surface area contributed by atoms with Crippen molar-refractivity contribution in [3.63, 3.8) is 0 Å². The number of amides is 2. The molecular formula is C17H22N2O3. The summed E-state index contributed by atoms with van der Waals surface area (Å²) in [6, 6.07) is 5.56. The molecule has 0 aliphatic carbocycles. The average molecular weight is 302 g/mol. The van der Waals surface area contributed by atoms with E-state index in [1.807, 2.05) is 17.0 Å². The molecule has 2 aliphatic rings. The lowest BCUT2D eigenvalue weighted by Crippen LogP contribution is -2.40. The molecule has 1 fully saturated rings. The molecule has 5 heteroatoms. The van der Waals surface area contributed by atoms with Crippen LogP contribution in [0.25, 0.3) is 0 Å². The summed E-state index contributed by atoms with van der Waals surface area (Å²) in [7, 11) is 0. The molecular weight excluding hydrogens is 280 g/mol. The fraction of sp³-hybridized carbons (Fsp3) is 0.529. The summed E-state index contributed by atoms with van der Waals surface area (Å²) < 4.78 is 5.64. The second-order valence-electron chi connectivity index (χ2n) is 6.22.